The Balaban J connectivity index is 1.76. The minimum absolute atomic E-state index is 0.140. The molecule has 0 saturated carbocycles. The van der Waals surface area contributed by atoms with Crippen LogP contribution < -0.4 is 0 Å². The van der Waals surface area contributed by atoms with Crippen molar-refractivity contribution in [2.45, 2.75) is 19.9 Å². The molecular weight excluding hydrogens is 316 g/mol. The minimum atomic E-state index is 0.140. The van der Waals surface area contributed by atoms with Crippen LogP contribution in [0.2, 0.25) is 0 Å². The van der Waals surface area contributed by atoms with Gasteiger partial charge < -0.3 is 9.15 Å². The first kappa shape index (κ1) is 16.1. The molecule has 3 heterocycles. The van der Waals surface area contributed by atoms with Crippen LogP contribution in [0, 0.1) is 6.92 Å². The fraction of sp³-hybridized carbons (Fsp3) is 0.368. The molecule has 1 fully saturated rings. The lowest BCUT2D eigenvalue weighted by atomic mass is 10.2. The summed E-state index contributed by atoms with van der Waals surface area (Å²) in [5, 5.41) is 4.72. The molecule has 1 aliphatic heterocycles. The zero-order chi connectivity index (χ0) is 17.2. The van der Waals surface area contributed by atoms with Gasteiger partial charge in [-0.2, -0.15) is 0 Å². The van der Waals surface area contributed by atoms with Crippen molar-refractivity contribution in [1.29, 1.82) is 0 Å². The minimum Gasteiger partial charge on any atom is -0.461 e. The summed E-state index contributed by atoms with van der Waals surface area (Å²) in [6, 6.07) is 12.2. The Morgan fingerprint density at radius 3 is 2.52 bits per heavy atom. The highest BCUT2D eigenvalue weighted by Crippen LogP contribution is 2.26. The molecule has 2 aromatic heterocycles. The first-order chi connectivity index (χ1) is 12.2. The molecule has 25 heavy (non-hydrogen) atoms. The lowest BCUT2D eigenvalue weighted by Crippen LogP contribution is -2.38. The van der Waals surface area contributed by atoms with Gasteiger partial charge in [0.2, 0.25) is 5.82 Å². The third-order valence-corrected chi connectivity index (χ3v) is 4.62. The van der Waals surface area contributed by atoms with Crippen molar-refractivity contribution in [2.24, 2.45) is 0 Å². The van der Waals surface area contributed by atoms with E-state index in [1.165, 1.54) is 5.56 Å². The number of rotatable bonds is 4. The average Bonchev–Trinajstić information content (AvgIpc) is 3.32. The van der Waals surface area contributed by atoms with Crippen LogP contribution in [0.15, 0.2) is 47.1 Å². The highest BCUT2D eigenvalue weighted by molar-refractivity contribution is 5.47. The molecule has 0 N–H and O–H groups in total. The maximum atomic E-state index is 5.50. The predicted octanol–water partition coefficient (Wildman–Crippen LogP) is 3.23. The van der Waals surface area contributed by atoms with Gasteiger partial charge >= 0.3 is 0 Å². The number of benzene rings is 1. The van der Waals surface area contributed by atoms with Gasteiger partial charge in [-0.25, -0.2) is 9.67 Å². The topological polar surface area (TPSA) is 56.3 Å². The molecule has 0 bridgehead atoms. The highest BCUT2D eigenvalue weighted by atomic mass is 16.5. The van der Waals surface area contributed by atoms with Gasteiger partial charge in [-0.3, -0.25) is 4.90 Å². The van der Waals surface area contributed by atoms with Crippen LogP contribution >= 0.6 is 0 Å². The fourth-order valence-corrected chi connectivity index (χ4v) is 3.11. The summed E-state index contributed by atoms with van der Waals surface area (Å²) in [5.74, 6) is 2.21. The molecular formula is C19H22N4O2. The van der Waals surface area contributed by atoms with Crippen molar-refractivity contribution in [3.05, 3.63) is 54.0 Å². The van der Waals surface area contributed by atoms with Crippen molar-refractivity contribution in [3.63, 3.8) is 0 Å². The zero-order valence-corrected chi connectivity index (χ0v) is 14.6. The molecule has 0 radical (unpaired) electrons. The number of furan rings is 1. The van der Waals surface area contributed by atoms with E-state index in [0.29, 0.717) is 11.6 Å². The largest absolute Gasteiger partial charge is 0.461 e. The highest BCUT2D eigenvalue weighted by Gasteiger charge is 2.25. The summed E-state index contributed by atoms with van der Waals surface area (Å²) in [5.41, 5.74) is 2.23. The second-order valence-electron chi connectivity index (χ2n) is 6.34. The molecule has 130 valence electrons. The first-order valence-corrected chi connectivity index (χ1v) is 8.62. The molecule has 0 unspecified atom stereocenters. The van der Waals surface area contributed by atoms with Crippen LogP contribution in [0.25, 0.3) is 17.3 Å². The molecule has 4 rings (SSSR count). The van der Waals surface area contributed by atoms with Gasteiger partial charge in [0.15, 0.2) is 5.76 Å². The monoisotopic (exact) mass is 338 g/mol. The van der Waals surface area contributed by atoms with Crippen LogP contribution in [-0.2, 0) is 4.74 Å². The normalized spacial score (nSPS) is 16.9. The number of ether oxygens (including phenoxy) is 1. The SMILES string of the molecule is Cc1ccc(-n2nc(-c3ccco3)nc2[C@@H](C)N2CCOCC2)cc1. The molecule has 0 amide bonds. The van der Waals surface area contributed by atoms with E-state index in [9.17, 15) is 0 Å². The van der Waals surface area contributed by atoms with Crippen molar-refractivity contribution in [1.82, 2.24) is 19.7 Å². The third kappa shape index (κ3) is 3.23. The Morgan fingerprint density at radius 2 is 1.84 bits per heavy atom. The van der Waals surface area contributed by atoms with Crippen LogP contribution in [-0.4, -0.2) is 46.0 Å². The van der Waals surface area contributed by atoms with Gasteiger partial charge in [0.25, 0.3) is 0 Å². The smallest absolute Gasteiger partial charge is 0.217 e. The standard InChI is InChI=1S/C19H22N4O2/c1-14-5-7-16(8-6-14)23-19(15(2)22-9-12-24-13-10-22)20-18(21-23)17-4-3-11-25-17/h3-8,11,15H,9-10,12-13H2,1-2H3/t15-/m1/s1. The molecule has 0 spiro atoms. The third-order valence-electron chi connectivity index (χ3n) is 4.62. The molecule has 0 aliphatic carbocycles. The molecule has 6 nitrogen and oxygen atoms in total. The summed E-state index contributed by atoms with van der Waals surface area (Å²) in [7, 11) is 0. The molecule has 6 heteroatoms. The zero-order valence-electron chi connectivity index (χ0n) is 14.6. The van der Waals surface area contributed by atoms with Gasteiger partial charge in [-0.15, -0.1) is 5.10 Å². The number of aryl methyl sites for hydroxylation is 1. The number of hydrogen-bond donors (Lipinski definition) is 0. The molecule has 1 atom stereocenters. The van der Waals surface area contributed by atoms with Crippen LogP contribution in [0.1, 0.15) is 24.4 Å². The van der Waals surface area contributed by atoms with E-state index in [4.69, 9.17) is 19.2 Å². The number of morpholine rings is 1. The Labute approximate surface area is 147 Å². The Morgan fingerprint density at radius 1 is 1.08 bits per heavy atom. The fourth-order valence-electron chi connectivity index (χ4n) is 3.11. The predicted molar refractivity (Wildman–Crippen MR) is 94.6 cm³/mol. The number of aromatic nitrogens is 3. The first-order valence-electron chi connectivity index (χ1n) is 8.62. The van der Waals surface area contributed by atoms with E-state index in [1.54, 1.807) is 6.26 Å². The van der Waals surface area contributed by atoms with E-state index in [1.807, 2.05) is 16.8 Å². The average molecular weight is 338 g/mol. The van der Waals surface area contributed by atoms with Crippen molar-refractivity contribution >= 4 is 0 Å². The van der Waals surface area contributed by atoms with Gasteiger partial charge in [-0.05, 0) is 38.1 Å². The van der Waals surface area contributed by atoms with Crippen molar-refractivity contribution in [2.75, 3.05) is 26.3 Å². The summed E-state index contributed by atoms with van der Waals surface area (Å²) in [4.78, 5) is 7.18. The Hall–Kier alpha value is -2.44. The van der Waals surface area contributed by atoms with Gasteiger partial charge in [-0.1, -0.05) is 17.7 Å². The maximum absolute atomic E-state index is 5.50. The van der Waals surface area contributed by atoms with Crippen LogP contribution in [0.3, 0.4) is 0 Å². The molecule has 3 aromatic rings. The molecule has 1 aromatic carbocycles. The van der Waals surface area contributed by atoms with Gasteiger partial charge in [0, 0.05) is 13.1 Å². The van der Waals surface area contributed by atoms with Gasteiger partial charge in [0.05, 0.1) is 31.2 Å². The lowest BCUT2D eigenvalue weighted by molar-refractivity contribution is 0.0178. The molecule has 1 aliphatic rings. The summed E-state index contributed by atoms with van der Waals surface area (Å²) in [6.07, 6.45) is 1.65. The van der Waals surface area contributed by atoms with E-state index in [2.05, 4.69) is 43.0 Å². The van der Waals surface area contributed by atoms with Crippen molar-refractivity contribution < 1.29 is 9.15 Å². The summed E-state index contributed by atoms with van der Waals surface area (Å²) in [6.45, 7) is 7.57. The molecule has 1 saturated heterocycles. The summed E-state index contributed by atoms with van der Waals surface area (Å²) < 4.78 is 12.9. The maximum Gasteiger partial charge on any atom is 0.217 e. The van der Waals surface area contributed by atoms with Crippen LogP contribution in [0.5, 0.6) is 0 Å². The quantitative estimate of drug-likeness (QED) is 0.731. The van der Waals surface area contributed by atoms with E-state index >= 15 is 0 Å². The second kappa shape index (κ2) is 6.82. The lowest BCUT2D eigenvalue weighted by Gasteiger charge is -2.31. The van der Waals surface area contributed by atoms with E-state index in [-0.39, 0.29) is 6.04 Å². The Bertz CT molecular complexity index is 818. The number of hydrogen-bond acceptors (Lipinski definition) is 5. The van der Waals surface area contributed by atoms with Gasteiger partial charge in [0.1, 0.15) is 5.82 Å². The Kier molecular flexibility index (Phi) is 4.38. The summed E-state index contributed by atoms with van der Waals surface area (Å²) >= 11 is 0. The van der Waals surface area contributed by atoms with Crippen molar-refractivity contribution in [3.8, 4) is 17.3 Å². The second-order valence-corrected chi connectivity index (χ2v) is 6.34. The van der Waals surface area contributed by atoms with E-state index < -0.39 is 0 Å². The van der Waals surface area contributed by atoms with Crippen LogP contribution in [0.4, 0.5) is 0 Å². The number of nitrogens with zero attached hydrogens (tertiary/aromatic N) is 4. The van der Waals surface area contributed by atoms with E-state index in [0.717, 1.165) is 37.8 Å².